The minimum Gasteiger partial charge on any atom is -0.348 e. The first-order valence-corrected chi connectivity index (χ1v) is 8.20. The number of hydrogen-bond acceptors (Lipinski definition) is 3. The lowest BCUT2D eigenvalue weighted by molar-refractivity contribution is -0.117. The molecule has 3 rings (SSSR count). The number of benzene rings is 1. The number of fused-ring (bicyclic) bond motifs is 1. The van der Waals surface area contributed by atoms with Gasteiger partial charge in [-0.1, -0.05) is 24.3 Å². The second-order valence-electron chi connectivity index (χ2n) is 6.34. The molecule has 1 atom stereocenters. The van der Waals surface area contributed by atoms with Gasteiger partial charge in [-0.25, -0.2) is 0 Å². The summed E-state index contributed by atoms with van der Waals surface area (Å²) in [5.74, 6) is -0.0338. The molecule has 1 unspecified atom stereocenters. The average Bonchev–Trinajstić information content (AvgIpc) is 3.01. The lowest BCUT2D eigenvalue weighted by Crippen LogP contribution is -2.37. The summed E-state index contributed by atoms with van der Waals surface area (Å²) >= 11 is 0. The van der Waals surface area contributed by atoms with Gasteiger partial charge in [0.2, 0.25) is 5.91 Å². The van der Waals surface area contributed by atoms with E-state index in [1.807, 2.05) is 36.4 Å². The van der Waals surface area contributed by atoms with Gasteiger partial charge in [0.15, 0.2) is 0 Å². The fourth-order valence-corrected chi connectivity index (χ4v) is 3.05. The molecule has 4 heteroatoms. The molecule has 23 heavy (non-hydrogen) atoms. The Morgan fingerprint density at radius 1 is 1.35 bits per heavy atom. The van der Waals surface area contributed by atoms with Gasteiger partial charge >= 0.3 is 0 Å². The average molecular weight is 309 g/mol. The second-order valence-corrected chi connectivity index (χ2v) is 6.34. The summed E-state index contributed by atoms with van der Waals surface area (Å²) in [7, 11) is 0. The highest BCUT2D eigenvalue weighted by Crippen LogP contribution is 2.17. The Bertz CT molecular complexity index is 718. The maximum absolute atomic E-state index is 12.1. The Morgan fingerprint density at radius 3 is 2.96 bits per heavy atom. The van der Waals surface area contributed by atoms with Crippen LogP contribution in [0.25, 0.3) is 17.0 Å². The van der Waals surface area contributed by atoms with E-state index < -0.39 is 0 Å². The number of para-hydroxylation sites is 1. The van der Waals surface area contributed by atoms with Crippen LogP contribution in [0.4, 0.5) is 0 Å². The van der Waals surface area contributed by atoms with Crippen molar-refractivity contribution in [3.05, 3.63) is 48.2 Å². The van der Waals surface area contributed by atoms with Crippen molar-refractivity contribution in [1.82, 2.24) is 15.2 Å². The van der Waals surface area contributed by atoms with Crippen molar-refractivity contribution in [3.63, 3.8) is 0 Å². The monoisotopic (exact) mass is 309 g/mol. The number of aromatic nitrogens is 1. The van der Waals surface area contributed by atoms with E-state index in [2.05, 4.69) is 29.0 Å². The summed E-state index contributed by atoms with van der Waals surface area (Å²) in [4.78, 5) is 18.9. The van der Waals surface area contributed by atoms with Crippen molar-refractivity contribution in [1.29, 1.82) is 0 Å². The summed E-state index contributed by atoms with van der Waals surface area (Å²) in [5.41, 5.74) is 1.89. The quantitative estimate of drug-likeness (QED) is 0.883. The van der Waals surface area contributed by atoms with Gasteiger partial charge in [0.25, 0.3) is 0 Å². The van der Waals surface area contributed by atoms with Crippen LogP contribution in [0, 0.1) is 0 Å². The van der Waals surface area contributed by atoms with Crippen molar-refractivity contribution in [2.45, 2.75) is 32.4 Å². The van der Waals surface area contributed by atoms with Gasteiger partial charge in [-0.15, -0.1) is 0 Å². The third kappa shape index (κ3) is 3.77. The zero-order chi connectivity index (χ0) is 16.2. The van der Waals surface area contributed by atoms with Gasteiger partial charge in [-0.3, -0.25) is 14.7 Å². The summed E-state index contributed by atoms with van der Waals surface area (Å²) < 4.78 is 0. The first-order chi connectivity index (χ1) is 11.1. The molecule has 0 bridgehead atoms. The minimum absolute atomic E-state index is 0.0338. The van der Waals surface area contributed by atoms with Crippen LogP contribution in [0.5, 0.6) is 0 Å². The summed E-state index contributed by atoms with van der Waals surface area (Å²) in [6.07, 6.45) is 6.26. The number of nitrogens with one attached hydrogen (secondary N) is 1. The number of carbonyl (C=O) groups excluding carboxylic acids is 1. The van der Waals surface area contributed by atoms with Crippen molar-refractivity contribution in [2.75, 3.05) is 13.1 Å². The van der Waals surface area contributed by atoms with Crippen LogP contribution in [0.1, 0.15) is 25.8 Å². The zero-order valence-corrected chi connectivity index (χ0v) is 13.7. The molecular formula is C19H23N3O. The molecule has 1 aliphatic heterocycles. The molecule has 1 aromatic heterocycles. The molecule has 2 aromatic rings. The fourth-order valence-electron chi connectivity index (χ4n) is 3.05. The topological polar surface area (TPSA) is 45.2 Å². The standard InChI is InChI=1S/C19H23N3O/c1-14(2)22-12-10-17(13-22)21-18(23)9-8-16-6-3-5-15-7-4-11-20-19(15)16/h3-9,11,14,17H,10,12-13H2,1-2H3,(H,21,23)/b9-8+. The number of hydrogen-bond donors (Lipinski definition) is 1. The predicted octanol–water partition coefficient (Wildman–Crippen LogP) is 2.85. The Labute approximate surface area is 137 Å². The van der Waals surface area contributed by atoms with Crippen molar-refractivity contribution >= 4 is 22.9 Å². The molecule has 120 valence electrons. The molecule has 0 aliphatic carbocycles. The fraction of sp³-hybridized carbons (Fsp3) is 0.368. The van der Waals surface area contributed by atoms with Gasteiger partial charge in [0, 0.05) is 48.4 Å². The van der Waals surface area contributed by atoms with Gasteiger partial charge in [-0.05, 0) is 32.4 Å². The van der Waals surface area contributed by atoms with Crippen molar-refractivity contribution in [2.24, 2.45) is 0 Å². The summed E-state index contributed by atoms with van der Waals surface area (Å²) in [6.45, 7) is 6.38. The van der Waals surface area contributed by atoms with E-state index in [-0.39, 0.29) is 11.9 Å². The molecule has 0 saturated carbocycles. The number of likely N-dealkylation sites (tertiary alicyclic amines) is 1. The molecule has 1 aliphatic rings. The van der Waals surface area contributed by atoms with Gasteiger partial charge in [-0.2, -0.15) is 0 Å². The third-order valence-corrected chi connectivity index (χ3v) is 4.37. The molecule has 1 aromatic carbocycles. The molecule has 1 fully saturated rings. The highest BCUT2D eigenvalue weighted by molar-refractivity contribution is 5.95. The molecule has 1 N–H and O–H groups in total. The SMILES string of the molecule is CC(C)N1CCC(NC(=O)/C=C/c2cccc3cccnc23)C1. The van der Waals surface area contributed by atoms with E-state index in [0.717, 1.165) is 36.0 Å². The summed E-state index contributed by atoms with van der Waals surface area (Å²) in [6, 6.07) is 10.7. The lowest BCUT2D eigenvalue weighted by atomic mass is 10.1. The van der Waals surface area contributed by atoms with Crippen LogP contribution in [0.3, 0.4) is 0 Å². The van der Waals surface area contributed by atoms with E-state index in [4.69, 9.17) is 0 Å². The third-order valence-electron chi connectivity index (χ3n) is 4.37. The Kier molecular flexibility index (Phi) is 4.72. The van der Waals surface area contributed by atoms with Crippen molar-refractivity contribution < 1.29 is 4.79 Å². The van der Waals surface area contributed by atoms with Gasteiger partial charge in [0.1, 0.15) is 0 Å². The van der Waals surface area contributed by atoms with Crippen LogP contribution in [0.2, 0.25) is 0 Å². The van der Waals surface area contributed by atoms with Crippen LogP contribution in [-0.2, 0) is 4.79 Å². The Hall–Kier alpha value is -2.20. The molecule has 1 saturated heterocycles. The molecular weight excluding hydrogens is 286 g/mol. The lowest BCUT2D eigenvalue weighted by Gasteiger charge is -2.20. The van der Waals surface area contributed by atoms with Crippen LogP contribution in [0.15, 0.2) is 42.6 Å². The van der Waals surface area contributed by atoms with E-state index in [0.29, 0.717) is 6.04 Å². The first-order valence-electron chi connectivity index (χ1n) is 8.20. The smallest absolute Gasteiger partial charge is 0.244 e. The molecule has 0 spiro atoms. The molecule has 2 heterocycles. The van der Waals surface area contributed by atoms with E-state index in [1.165, 1.54) is 0 Å². The summed E-state index contributed by atoms with van der Waals surface area (Å²) in [5, 5.41) is 4.18. The van der Waals surface area contributed by atoms with Crippen LogP contribution in [-0.4, -0.2) is 41.0 Å². The minimum atomic E-state index is -0.0338. The molecule has 0 radical (unpaired) electrons. The highest BCUT2D eigenvalue weighted by Gasteiger charge is 2.24. The number of amides is 1. The number of rotatable bonds is 4. The van der Waals surface area contributed by atoms with E-state index in [1.54, 1.807) is 12.3 Å². The largest absolute Gasteiger partial charge is 0.348 e. The van der Waals surface area contributed by atoms with E-state index in [9.17, 15) is 4.79 Å². The van der Waals surface area contributed by atoms with Crippen LogP contribution >= 0.6 is 0 Å². The molecule has 4 nitrogen and oxygen atoms in total. The normalized spacial score (nSPS) is 19.0. The van der Waals surface area contributed by atoms with E-state index >= 15 is 0 Å². The Balaban J connectivity index is 1.64. The Morgan fingerprint density at radius 2 is 2.17 bits per heavy atom. The van der Waals surface area contributed by atoms with Crippen LogP contribution < -0.4 is 5.32 Å². The number of pyridine rings is 1. The molecule has 1 amide bonds. The number of carbonyl (C=O) groups is 1. The predicted molar refractivity (Wildman–Crippen MR) is 94.0 cm³/mol. The second kappa shape index (κ2) is 6.92. The van der Waals surface area contributed by atoms with Crippen molar-refractivity contribution in [3.8, 4) is 0 Å². The highest BCUT2D eigenvalue weighted by atomic mass is 16.1. The first kappa shape index (κ1) is 15.7. The number of nitrogens with zero attached hydrogens (tertiary/aromatic N) is 2. The zero-order valence-electron chi connectivity index (χ0n) is 13.7. The maximum Gasteiger partial charge on any atom is 0.244 e. The van der Waals surface area contributed by atoms with Gasteiger partial charge < -0.3 is 5.32 Å². The van der Waals surface area contributed by atoms with Gasteiger partial charge in [0.05, 0.1) is 5.52 Å². The maximum atomic E-state index is 12.1.